The first kappa shape index (κ1) is 29.0. The highest BCUT2D eigenvalue weighted by molar-refractivity contribution is 6.34. The summed E-state index contributed by atoms with van der Waals surface area (Å²) < 4.78 is 43.1. The molecule has 1 atom stereocenters. The maximum atomic E-state index is 12.4. The average molecular weight is 596 g/mol. The first-order chi connectivity index (χ1) is 19.1. The lowest BCUT2D eigenvalue weighted by Crippen LogP contribution is -2.27. The average Bonchev–Trinajstić information content (AvgIpc) is 3.32. The van der Waals surface area contributed by atoms with Gasteiger partial charge in [-0.15, -0.1) is 0 Å². The van der Waals surface area contributed by atoms with E-state index in [4.69, 9.17) is 27.9 Å². The Morgan fingerprint density at radius 1 is 1.02 bits per heavy atom. The van der Waals surface area contributed by atoms with Crippen molar-refractivity contribution in [3.05, 3.63) is 88.2 Å². The largest absolute Gasteiger partial charge is 0.495 e. The summed E-state index contributed by atoms with van der Waals surface area (Å²) in [4.78, 5) is 38.5. The number of aromatic nitrogens is 2. The molecule has 0 amide bonds. The second-order valence-corrected chi connectivity index (χ2v) is 9.45. The van der Waals surface area contributed by atoms with Gasteiger partial charge in [0.15, 0.2) is 0 Å². The smallest absolute Gasteiger partial charge is 0.493 e. The lowest BCUT2D eigenvalue weighted by molar-refractivity contribution is -0.285. The van der Waals surface area contributed by atoms with Crippen molar-refractivity contribution in [2.45, 2.75) is 24.9 Å². The highest BCUT2D eigenvalue weighted by atomic mass is 35.5. The number of anilines is 1. The number of halogens is 5. The SMILES string of the molecule is O=C(CC(c1cc(Cl)cc(Cl)c1)c1c[nH]c2cc(OCCCNc3ccccn3)ccc12)OOC(=O)C(F)(F)F. The maximum absolute atomic E-state index is 12.4. The van der Waals surface area contributed by atoms with Crippen molar-refractivity contribution in [1.82, 2.24) is 9.97 Å². The van der Waals surface area contributed by atoms with Gasteiger partial charge >= 0.3 is 18.1 Å². The lowest BCUT2D eigenvalue weighted by Gasteiger charge is -2.17. The Morgan fingerprint density at radius 2 is 1.80 bits per heavy atom. The van der Waals surface area contributed by atoms with Gasteiger partial charge < -0.3 is 15.0 Å². The Bertz CT molecular complexity index is 1460. The first-order valence-corrected chi connectivity index (χ1v) is 12.7. The number of carbonyl (C=O) groups excluding carboxylic acids is 2. The summed E-state index contributed by atoms with van der Waals surface area (Å²) in [5.74, 6) is -3.21. The van der Waals surface area contributed by atoms with Gasteiger partial charge in [-0.3, -0.25) is 0 Å². The molecule has 0 fully saturated rings. The van der Waals surface area contributed by atoms with Gasteiger partial charge in [-0.2, -0.15) is 13.2 Å². The van der Waals surface area contributed by atoms with Crippen LogP contribution in [0.4, 0.5) is 19.0 Å². The van der Waals surface area contributed by atoms with E-state index in [2.05, 4.69) is 25.1 Å². The van der Waals surface area contributed by atoms with Crippen molar-refractivity contribution in [3.8, 4) is 5.75 Å². The third-order valence-corrected chi connectivity index (χ3v) is 6.16. The molecule has 0 aliphatic heterocycles. The van der Waals surface area contributed by atoms with Crippen LogP contribution in [0.25, 0.3) is 10.9 Å². The molecule has 0 radical (unpaired) electrons. The molecule has 0 aliphatic carbocycles. The molecule has 40 heavy (non-hydrogen) atoms. The predicted molar refractivity (Wildman–Crippen MR) is 142 cm³/mol. The van der Waals surface area contributed by atoms with Crippen LogP contribution < -0.4 is 10.1 Å². The molecule has 4 aromatic rings. The number of H-pyrrole nitrogens is 1. The zero-order valence-electron chi connectivity index (χ0n) is 20.6. The number of pyridine rings is 1. The number of rotatable bonds is 10. The molecule has 1 unspecified atom stereocenters. The fourth-order valence-corrected chi connectivity index (χ4v) is 4.51. The molecule has 2 aromatic carbocycles. The molecule has 13 heteroatoms. The molecular weight excluding hydrogens is 574 g/mol. The first-order valence-electron chi connectivity index (χ1n) is 11.9. The Labute approximate surface area is 236 Å². The summed E-state index contributed by atoms with van der Waals surface area (Å²) in [7, 11) is 0. The summed E-state index contributed by atoms with van der Waals surface area (Å²) in [6.45, 7) is 1.12. The molecule has 2 heterocycles. The standard InChI is InChI=1S/C27H22Cl2F3N3O5/c28-17-10-16(11-18(29)12-17)21(14-25(36)39-40-26(37)27(30,31)32)22-15-35-23-13-19(5-6-20(22)23)38-9-3-8-34-24-4-1-2-7-33-24/h1-2,4-7,10-13,15,21,35H,3,8-9,14H2,(H,33,34). The van der Waals surface area contributed by atoms with Crippen LogP contribution in [0.1, 0.15) is 29.9 Å². The molecule has 0 spiro atoms. The number of alkyl halides is 3. The predicted octanol–water partition coefficient (Wildman–Crippen LogP) is 6.84. The van der Waals surface area contributed by atoms with Gasteiger partial charge in [0, 0.05) is 51.9 Å². The molecule has 0 aliphatic rings. The molecule has 210 valence electrons. The van der Waals surface area contributed by atoms with Gasteiger partial charge in [-0.25, -0.2) is 24.3 Å². The van der Waals surface area contributed by atoms with Gasteiger partial charge in [0.25, 0.3) is 0 Å². The Kier molecular flexibility index (Phi) is 9.38. The number of hydrogen-bond donors (Lipinski definition) is 2. The van der Waals surface area contributed by atoms with Crippen LogP contribution >= 0.6 is 23.2 Å². The lowest BCUT2D eigenvalue weighted by atomic mass is 9.88. The van der Waals surface area contributed by atoms with Gasteiger partial charge in [0.1, 0.15) is 11.6 Å². The normalized spacial score (nSPS) is 12.1. The Morgan fingerprint density at radius 3 is 2.50 bits per heavy atom. The van der Waals surface area contributed by atoms with E-state index in [9.17, 15) is 22.8 Å². The van der Waals surface area contributed by atoms with Crippen LogP contribution in [-0.4, -0.2) is 41.2 Å². The quantitative estimate of drug-likeness (QED) is 0.118. The van der Waals surface area contributed by atoms with E-state index in [1.54, 1.807) is 42.7 Å². The van der Waals surface area contributed by atoms with E-state index >= 15 is 0 Å². The van der Waals surface area contributed by atoms with Gasteiger partial charge in [-0.1, -0.05) is 29.3 Å². The summed E-state index contributed by atoms with van der Waals surface area (Å²) in [6, 6.07) is 15.6. The van der Waals surface area contributed by atoms with E-state index in [1.165, 1.54) is 6.07 Å². The summed E-state index contributed by atoms with van der Waals surface area (Å²) >= 11 is 12.3. The van der Waals surface area contributed by atoms with Crippen LogP contribution in [0.2, 0.25) is 10.0 Å². The van der Waals surface area contributed by atoms with Gasteiger partial charge in [0.2, 0.25) is 0 Å². The van der Waals surface area contributed by atoms with Gasteiger partial charge in [0.05, 0.1) is 13.0 Å². The van der Waals surface area contributed by atoms with Crippen LogP contribution in [0, 0.1) is 0 Å². The van der Waals surface area contributed by atoms with E-state index in [1.807, 2.05) is 18.2 Å². The number of nitrogens with zero attached hydrogens (tertiary/aromatic N) is 1. The molecule has 8 nitrogen and oxygen atoms in total. The molecule has 2 N–H and O–H groups in total. The minimum atomic E-state index is -5.31. The number of hydrogen-bond acceptors (Lipinski definition) is 7. The molecule has 0 saturated carbocycles. The Balaban J connectivity index is 1.47. The van der Waals surface area contributed by atoms with Crippen LogP contribution in [-0.2, 0) is 19.4 Å². The number of fused-ring (bicyclic) bond motifs is 1. The second kappa shape index (κ2) is 12.9. The molecular formula is C27H22Cl2F3N3O5. The van der Waals surface area contributed by atoms with E-state index in [-0.39, 0.29) is 10.0 Å². The number of aromatic amines is 1. The van der Waals surface area contributed by atoms with Crippen LogP contribution in [0.15, 0.2) is 67.0 Å². The van der Waals surface area contributed by atoms with Crippen LogP contribution in [0.5, 0.6) is 5.75 Å². The highest BCUT2D eigenvalue weighted by Gasteiger charge is 2.43. The van der Waals surface area contributed by atoms with Crippen molar-refractivity contribution < 1.29 is 37.3 Å². The third-order valence-electron chi connectivity index (χ3n) is 5.72. The van der Waals surface area contributed by atoms with Gasteiger partial charge in [-0.05, 0) is 60.0 Å². The maximum Gasteiger partial charge on any atom is 0.495 e. The number of carbonyl (C=O) groups is 2. The summed E-state index contributed by atoms with van der Waals surface area (Å²) in [5.41, 5.74) is 1.80. The molecule has 0 bridgehead atoms. The molecule has 4 rings (SSSR count). The molecule has 2 aromatic heterocycles. The minimum Gasteiger partial charge on any atom is -0.493 e. The van der Waals surface area contributed by atoms with Crippen molar-refractivity contribution in [2.75, 3.05) is 18.5 Å². The minimum absolute atomic E-state index is 0.289. The zero-order chi connectivity index (χ0) is 28.7. The summed E-state index contributed by atoms with van der Waals surface area (Å²) in [6.07, 6.45) is -1.71. The number of ether oxygens (including phenoxy) is 1. The second-order valence-electron chi connectivity index (χ2n) is 8.58. The molecule has 0 saturated heterocycles. The number of nitrogens with one attached hydrogen (secondary N) is 2. The highest BCUT2D eigenvalue weighted by Crippen LogP contribution is 2.37. The third kappa shape index (κ3) is 7.80. The zero-order valence-corrected chi connectivity index (χ0v) is 22.1. The fraction of sp³-hybridized carbons (Fsp3) is 0.222. The summed E-state index contributed by atoms with van der Waals surface area (Å²) in [5, 5.41) is 4.49. The van der Waals surface area contributed by atoms with Crippen molar-refractivity contribution in [1.29, 1.82) is 0 Å². The number of benzene rings is 2. The van der Waals surface area contributed by atoms with E-state index in [0.717, 1.165) is 12.2 Å². The fourth-order valence-electron chi connectivity index (χ4n) is 3.97. The van der Waals surface area contributed by atoms with Crippen LogP contribution in [0.3, 0.4) is 0 Å². The topological polar surface area (TPSA) is 103 Å². The van der Waals surface area contributed by atoms with E-state index < -0.39 is 30.5 Å². The van der Waals surface area contributed by atoms with E-state index in [0.29, 0.717) is 40.9 Å². The van der Waals surface area contributed by atoms with Crippen molar-refractivity contribution in [2.24, 2.45) is 0 Å². The Hall–Kier alpha value is -3.96. The monoisotopic (exact) mass is 595 g/mol. The van der Waals surface area contributed by atoms with Crippen molar-refractivity contribution in [3.63, 3.8) is 0 Å². The van der Waals surface area contributed by atoms with Crippen molar-refractivity contribution >= 4 is 51.9 Å².